The zero-order valence-corrected chi connectivity index (χ0v) is 11.3. The average molecular weight is 298 g/mol. The minimum atomic E-state index is -0.677. The number of anilines is 1. The minimum absolute atomic E-state index is 0.252. The lowest BCUT2D eigenvalue weighted by Gasteiger charge is -2.07. The second-order valence-electron chi connectivity index (χ2n) is 3.93. The van der Waals surface area contributed by atoms with E-state index in [-0.39, 0.29) is 13.2 Å². The van der Waals surface area contributed by atoms with Crippen molar-refractivity contribution in [3.63, 3.8) is 0 Å². The van der Waals surface area contributed by atoms with Crippen molar-refractivity contribution in [2.45, 2.75) is 0 Å². The number of hydrogen-bond acceptors (Lipinski definition) is 5. The third kappa shape index (κ3) is 7.02. The van der Waals surface area contributed by atoms with Gasteiger partial charge >= 0.3 is 5.97 Å². The highest BCUT2D eigenvalue weighted by Gasteiger charge is 2.09. The lowest BCUT2D eigenvalue weighted by Crippen LogP contribution is -2.35. The quantitative estimate of drug-likeness (QED) is 0.695. The summed E-state index contributed by atoms with van der Waals surface area (Å²) in [4.78, 5) is 33.7. The van der Waals surface area contributed by atoms with Crippen LogP contribution >= 0.6 is 0 Å². The van der Waals surface area contributed by atoms with Gasteiger partial charge in [0.15, 0.2) is 6.61 Å². The first-order valence-electron chi connectivity index (χ1n) is 5.98. The first-order chi connectivity index (χ1) is 10.0. The summed E-state index contributed by atoms with van der Waals surface area (Å²) in [7, 11) is 1.32. The highest BCUT2D eigenvalue weighted by molar-refractivity contribution is 5.94. The van der Waals surface area contributed by atoms with Crippen LogP contribution in [-0.4, -0.2) is 44.7 Å². The summed E-state index contributed by atoms with van der Waals surface area (Å²) in [6.07, 6.45) is 0. The van der Waals surface area contributed by atoms with Gasteiger partial charge in [0, 0.05) is 12.8 Å². The molecule has 7 nitrogen and oxygen atoms in total. The maximum atomic E-state index is 12.7. The molecule has 0 aliphatic rings. The van der Waals surface area contributed by atoms with Gasteiger partial charge in [0.05, 0.1) is 6.54 Å². The number of ether oxygens (including phenoxy) is 2. The second kappa shape index (κ2) is 8.64. The number of carbonyl (C=O) groups excluding carboxylic acids is 3. The molecule has 0 unspecified atom stereocenters. The summed E-state index contributed by atoms with van der Waals surface area (Å²) in [6.45, 7) is -1.04. The molecule has 0 bridgehead atoms. The largest absolute Gasteiger partial charge is 0.454 e. The van der Waals surface area contributed by atoms with E-state index in [9.17, 15) is 18.8 Å². The van der Waals surface area contributed by atoms with Gasteiger partial charge in [-0.1, -0.05) is 0 Å². The van der Waals surface area contributed by atoms with Crippen molar-refractivity contribution in [3.8, 4) is 0 Å². The van der Waals surface area contributed by atoms with Gasteiger partial charge in [0.25, 0.3) is 5.91 Å². The van der Waals surface area contributed by atoms with Gasteiger partial charge in [-0.3, -0.25) is 9.59 Å². The molecule has 2 amide bonds. The van der Waals surface area contributed by atoms with Crippen LogP contribution in [0, 0.1) is 5.82 Å². The fourth-order valence-corrected chi connectivity index (χ4v) is 1.27. The van der Waals surface area contributed by atoms with E-state index >= 15 is 0 Å². The molecule has 0 saturated carbocycles. The first-order valence-corrected chi connectivity index (χ1v) is 5.98. The summed E-state index contributed by atoms with van der Waals surface area (Å²) in [6, 6.07) is 5.18. The fourth-order valence-electron chi connectivity index (χ4n) is 1.27. The lowest BCUT2D eigenvalue weighted by molar-refractivity contribution is -0.152. The van der Waals surface area contributed by atoms with Crippen molar-refractivity contribution in [2.75, 3.05) is 32.2 Å². The molecule has 0 fully saturated rings. The molecule has 0 aromatic heterocycles. The molecule has 1 aromatic carbocycles. The van der Waals surface area contributed by atoms with Crippen molar-refractivity contribution in [3.05, 3.63) is 30.1 Å². The van der Waals surface area contributed by atoms with E-state index in [1.54, 1.807) is 0 Å². The molecule has 1 aromatic rings. The van der Waals surface area contributed by atoms with Gasteiger partial charge in [-0.15, -0.1) is 0 Å². The lowest BCUT2D eigenvalue weighted by atomic mass is 10.3. The average Bonchev–Trinajstić information content (AvgIpc) is 2.46. The molecule has 0 aliphatic carbocycles. The van der Waals surface area contributed by atoms with E-state index in [1.807, 2.05) is 0 Å². The number of hydrogen-bond donors (Lipinski definition) is 2. The Bertz CT molecular complexity index is 504. The van der Waals surface area contributed by atoms with Crippen LogP contribution in [0.5, 0.6) is 0 Å². The van der Waals surface area contributed by atoms with Crippen LogP contribution in [0.15, 0.2) is 24.3 Å². The number of nitrogens with one attached hydrogen (secondary N) is 2. The van der Waals surface area contributed by atoms with Gasteiger partial charge in [0.1, 0.15) is 12.4 Å². The van der Waals surface area contributed by atoms with Gasteiger partial charge in [-0.25, -0.2) is 9.18 Å². The van der Waals surface area contributed by atoms with E-state index in [0.717, 1.165) is 0 Å². The summed E-state index contributed by atoms with van der Waals surface area (Å²) in [5.41, 5.74) is 0.405. The molecule has 0 aliphatic heterocycles. The zero-order chi connectivity index (χ0) is 15.7. The van der Waals surface area contributed by atoms with Crippen LogP contribution in [0.4, 0.5) is 10.1 Å². The molecule has 0 radical (unpaired) electrons. The van der Waals surface area contributed by atoms with Crippen molar-refractivity contribution < 1.29 is 28.2 Å². The van der Waals surface area contributed by atoms with Gasteiger partial charge in [-0.2, -0.15) is 0 Å². The van der Waals surface area contributed by atoms with Gasteiger partial charge < -0.3 is 20.1 Å². The Labute approximate surface area is 120 Å². The Morgan fingerprint density at radius 1 is 1.10 bits per heavy atom. The van der Waals surface area contributed by atoms with Crippen molar-refractivity contribution in [1.29, 1.82) is 0 Å². The Morgan fingerprint density at radius 2 is 1.76 bits per heavy atom. The molecule has 0 spiro atoms. The van der Waals surface area contributed by atoms with Crippen molar-refractivity contribution >= 4 is 23.5 Å². The standard InChI is InChI=1S/C13H15FN2O5/c1-20-8-13(19)21-7-12(18)15-6-11(17)16-10-4-2-9(14)3-5-10/h2-5H,6-8H2,1H3,(H,15,18)(H,16,17). The molecule has 1 rings (SSSR count). The van der Waals surface area contributed by atoms with Crippen LogP contribution in [0.3, 0.4) is 0 Å². The van der Waals surface area contributed by atoms with E-state index < -0.39 is 30.2 Å². The zero-order valence-electron chi connectivity index (χ0n) is 11.3. The minimum Gasteiger partial charge on any atom is -0.454 e. The summed E-state index contributed by atoms with van der Waals surface area (Å²) in [5.74, 6) is -2.20. The van der Waals surface area contributed by atoms with Gasteiger partial charge in [-0.05, 0) is 24.3 Å². The SMILES string of the molecule is COCC(=O)OCC(=O)NCC(=O)Nc1ccc(F)cc1. The Balaban J connectivity index is 2.24. The number of rotatable bonds is 7. The molecule has 8 heteroatoms. The first kappa shape index (κ1) is 16.6. The number of esters is 1. The maximum absolute atomic E-state index is 12.7. The number of carbonyl (C=O) groups is 3. The summed E-state index contributed by atoms with van der Waals surface area (Å²) < 4.78 is 21.7. The highest BCUT2D eigenvalue weighted by atomic mass is 19.1. The maximum Gasteiger partial charge on any atom is 0.332 e. The number of halogens is 1. The van der Waals surface area contributed by atoms with Crippen LogP contribution in [0.1, 0.15) is 0 Å². The Kier molecular flexibility index (Phi) is 6.82. The number of methoxy groups -OCH3 is 1. The van der Waals surface area contributed by atoms with Crippen LogP contribution in [0.2, 0.25) is 0 Å². The predicted molar refractivity (Wildman–Crippen MR) is 70.9 cm³/mol. The molecular weight excluding hydrogens is 283 g/mol. The molecule has 114 valence electrons. The Morgan fingerprint density at radius 3 is 2.38 bits per heavy atom. The van der Waals surface area contributed by atoms with E-state index in [1.165, 1.54) is 31.4 Å². The molecule has 2 N–H and O–H groups in total. The molecule has 0 atom stereocenters. The van der Waals surface area contributed by atoms with Crippen molar-refractivity contribution in [1.82, 2.24) is 5.32 Å². The Hall–Kier alpha value is -2.48. The third-order valence-electron chi connectivity index (χ3n) is 2.20. The third-order valence-corrected chi connectivity index (χ3v) is 2.20. The summed E-state index contributed by atoms with van der Waals surface area (Å²) >= 11 is 0. The van der Waals surface area contributed by atoms with E-state index in [0.29, 0.717) is 5.69 Å². The number of benzene rings is 1. The van der Waals surface area contributed by atoms with Crippen LogP contribution in [-0.2, 0) is 23.9 Å². The molecule has 0 heterocycles. The van der Waals surface area contributed by atoms with Crippen LogP contribution < -0.4 is 10.6 Å². The fraction of sp³-hybridized carbons (Fsp3) is 0.308. The number of amides is 2. The van der Waals surface area contributed by atoms with Gasteiger partial charge in [0.2, 0.25) is 5.91 Å². The monoisotopic (exact) mass is 298 g/mol. The smallest absolute Gasteiger partial charge is 0.332 e. The molecule has 21 heavy (non-hydrogen) atoms. The topological polar surface area (TPSA) is 93.7 Å². The highest BCUT2D eigenvalue weighted by Crippen LogP contribution is 2.07. The van der Waals surface area contributed by atoms with Crippen molar-refractivity contribution in [2.24, 2.45) is 0 Å². The second-order valence-corrected chi connectivity index (χ2v) is 3.93. The predicted octanol–water partition coefficient (Wildman–Crippen LogP) is 0.0700. The van der Waals surface area contributed by atoms with E-state index in [2.05, 4.69) is 20.1 Å². The molecular formula is C13H15FN2O5. The summed E-state index contributed by atoms with van der Waals surface area (Å²) in [5, 5.41) is 4.73. The normalized spacial score (nSPS) is 9.81. The van der Waals surface area contributed by atoms with E-state index in [4.69, 9.17) is 0 Å². The molecule has 0 saturated heterocycles. The van der Waals surface area contributed by atoms with Crippen LogP contribution in [0.25, 0.3) is 0 Å².